The number of pyridine rings is 1. The molecule has 0 saturated heterocycles. The number of rotatable bonds is 4. The van der Waals surface area contributed by atoms with E-state index in [4.69, 9.17) is 0 Å². The van der Waals surface area contributed by atoms with Gasteiger partial charge in [0.15, 0.2) is 0 Å². The summed E-state index contributed by atoms with van der Waals surface area (Å²) in [4.78, 5) is 34.0. The van der Waals surface area contributed by atoms with Crippen molar-refractivity contribution in [1.82, 2.24) is 24.3 Å². The molecule has 0 bridgehead atoms. The summed E-state index contributed by atoms with van der Waals surface area (Å²) in [5.41, 5.74) is 2.62. The molecule has 0 fully saturated rings. The Balaban J connectivity index is 1.93. The first-order valence-corrected chi connectivity index (χ1v) is 8.14. The molecule has 0 aliphatic rings. The molecule has 3 heterocycles. The minimum absolute atomic E-state index is 0.105. The van der Waals surface area contributed by atoms with Crippen molar-refractivity contribution in [3.63, 3.8) is 0 Å². The van der Waals surface area contributed by atoms with Crippen LogP contribution in [0.25, 0.3) is 0 Å². The normalized spacial score (nSPS) is 10.8. The second-order valence-electron chi connectivity index (χ2n) is 6.21. The number of hydrogen-bond donors (Lipinski definition) is 1. The molecule has 1 N–H and O–H groups in total. The highest BCUT2D eigenvalue weighted by Gasteiger charge is 2.18. The molecular weight excluding hydrogens is 332 g/mol. The highest BCUT2D eigenvalue weighted by molar-refractivity contribution is 6.04. The molecule has 0 atom stereocenters. The summed E-state index contributed by atoms with van der Waals surface area (Å²) in [7, 11) is 1.73. The topological polar surface area (TPSA) is 94.7 Å². The molecule has 0 aliphatic carbocycles. The van der Waals surface area contributed by atoms with Gasteiger partial charge in [-0.3, -0.25) is 24.2 Å². The summed E-state index contributed by atoms with van der Waals surface area (Å²) in [6.07, 6.45) is 6.58. The summed E-state index contributed by atoms with van der Waals surface area (Å²) < 4.78 is 3.02. The third-order valence-electron chi connectivity index (χ3n) is 4.12. The van der Waals surface area contributed by atoms with Gasteiger partial charge >= 0.3 is 0 Å². The van der Waals surface area contributed by atoms with E-state index >= 15 is 0 Å². The minimum Gasteiger partial charge on any atom is -0.309 e. The van der Waals surface area contributed by atoms with Gasteiger partial charge in [0.25, 0.3) is 11.5 Å². The molecule has 0 unspecified atom stereocenters. The number of amides is 1. The third kappa shape index (κ3) is 3.39. The zero-order valence-corrected chi connectivity index (χ0v) is 15.1. The molecule has 0 spiro atoms. The Bertz CT molecular complexity index is 998. The van der Waals surface area contributed by atoms with Crippen LogP contribution >= 0.6 is 0 Å². The smallest absolute Gasteiger partial charge is 0.264 e. The van der Waals surface area contributed by atoms with E-state index in [2.05, 4.69) is 20.4 Å². The van der Waals surface area contributed by atoms with Crippen molar-refractivity contribution < 1.29 is 4.79 Å². The van der Waals surface area contributed by atoms with E-state index < -0.39 is 5.91 Å². The Labute approximate surface area is 150 Å². The van der Waals surface area contributed by atoms with Crippen molar-refractivity contribution in [3.8, 4) is 0 Å². The number of carbonyl (C=O) groups is 1. The van der Waals surface area contributed by atoms with Crippen molar-refractivity contribution in [3.05, 3.63) is 69.3 Å². The lowest BCUT2D eigenvalue weighted by Crippen LogP contribution is -2.31. The predicted octanol–water partition coefficient (Wildman–Crippen LogP) is 1.60. The maximum Gasteiger partial charge on any atom is 0.264 e. The van der Waals surface area contributed by atoms with Crippen molar-refractivity contribution in [1.29, 1.82) is 0 Å². The minimum atomic E-state index is -0.455. The molecule has 26 heavy (non-hydrogen) atoms. The first-order chi connectivity index (χ1) is 12.4. The molecule has 3 aromatic rings. The Morgan fingerprint density at radius 2 is 1.88 bits per heavy atom. The molecule has 1 amide bonds. The second-order valence-corrected chi connectivity index (χ2v) is 6.21. The van der Waals surface area contributed by atoms with Crippen LogP contribution in [0.15, 0.2) is 35.6 Å². The number of anilines is 1. The molecule has 3 rings (SSSR count). The predicted molar refractivity (Wildman–Crippen MR) is 97.2 cm³/mol. The van der Waals surface area contributed by atoms with Gasteiger partial charge in [-0.2, -0.15) is 5.10 Å². The second kappa shape index (κ2) is 6.91. The zero-order chi connectivity index (χ0) is 18.8. The summed E-state index contributed by atoms with van der Waals surface area (Å²) in [5.74, 6) is 0.108. The van der Waals surface area contributed by atoms with Crippen LogP contribution < -0.4 is 10.9 Å². The third-order valence-corrected chi connectivity index (χ3v) is 4.12. The Morgan fingerprint density at radius 3 is 2.50 bits per heavy atom. The van der Waals surface area contributed by atoms with Crippen LogP contribution in [0, 0.1) is 20.8 Å². The van der Waals surface area contributed by atoms with Crippen LogP contribution in [0.1, 0.15) is 32.9 Å². The lowest BCUT2D eigenvalue weighted by atomic mass is 10.1. The van der Waals surface area contributed by atoms with Crippen molar-refractivity contribution in [2.24, 2.45) is 7.05 Å². The molecule has 0 saturated carbocycles. The highest BCUT2D eigenvalue weighted by Crippen LogP contribution is 2.14. The van der Waals surface area contributed by atoms with Crippen molar-refractivity contribution >= 4 is 11.7 Å². The van der Waals surface area contributed by atoms with Gasteiger partial charge in [0.2, 0.25) is 0 Å². The zero-order valence-electron chi connectivity index (χ0n) is 15.1. The number of hydrogen-bond acceptors (Lipinski definition) is 5. The molecule has 134 valence electrons. The Hall–Kier alpha value is -3.29. The molecule has 0 aromatic carbocycles. The lowest BCUT2D eigenvalue weighted by Gasteiger charge is -2.11. The fourth-order valence-electron chi connectivity index (χ4n) is 2.64. The van der Waals surface area contributed by atoms with E-state index in [1.54, 1.807) is 49.5 Å². The standard InChI is InChI=1S/C18H20N6O2/c1-11-5-6-24(10-14-9-19-13(3)8-20-14)18(26)15(11)17(25)22-16-12(2)7-21-23(16)4/h5-9H,10H2,1-4H3,(H,22,25). The fraction of sp³-hybridized carbons (Fsp3) is 0.278. The highest BCUT2D eigenvalue weighted by atomic mass is 16.2. The Morgan fingerprint density at radius 1 is 1.12 bits per heavy atom. The molecule has 0 aliphatic heterocycles. The molecule has 8 heteroatoms. The van der Waals surface area contributed by atoms with Gasteiger partial charge < -0.3 is 9.88 Å². The van der Waals surface area contributed by atoms with Gasteiger partial charge in [0, 0.05) is 25.0 Å². The molecular formula is C18H20N6O2. The maximum absolute atomic E-state index is 12.8. The number of aryl methyl sites for hydroxylation is 4. The SMILES string of the molecule is Cc1cnc(Cn2ccc(C)c(C(=O)Nc3c(C)cnn3C)c2=O)cn1. The average Bonchev–Trinajstić information content (AvgIpc) is 2.91. The van der Waals surface area contributed by atoms with Crippen LogP contribution in [-0.4, -0.2) is 30.2 Å². The number of nitrogens with one attached hydrogen (secondary N) is 1. The first kappa shape index (κ1) is 17.5. The average molecular weight is 352 g/mol. The van der Waals surface area contributed by atoms with Gasteiger partial charge in [0.05, 0.1) is 30.3 Å². The first-order valence-electron chi connectivity index (χ1n) is 8.14. The summed E-state index contributed by atoms with van der Waals surface area (Å²) in [6.45, 7) is 5.67. The molecule has 3 aromatic heterocycles. The van der Waals surface area contributed by atoms with Crippen LogP contribution in [0.3, 0.4) is 0 Å². The quantitative estimate of drug-likeness (QED) is 0.769. The van der Waals surface area contributed by atoms with Crippen LogP contribution in [-0.2, 0) is 13.6 Å². The Kier molecular flexibility index (Phi) is 4.66. The van der Waals surface area contributed by atoms with Gasteiger partial charge in [0.1, 0.15) is 11.4 Å². The van der Waals surface area contributed by atoms with Crippen molar-refractivity contribution in [2.45, 2.75) is 27.3 Å². The number of nitrogens with zero attached hydrogens (tertiary/aromatic N) is 5. The summed E-state index contributed by atoms with van der Waals surface area (Å²) in [6, 6.07) is 1.74. The van der Waals surface area contributed by atoms with E-state index in [9.17, 15) is 9.59 Å². The lowest BCUT2D eigenvalue weighted by molar-refractivity contribution is 0.102. The number of aromatic nitrogens is 5. The van der Waals surface area contributed by atoms with Crippen molar-refractivity contribution in [2.75, 3.05) is 5.32 Å². The maximum atomic E-state index is 12.8. The van der Waals surface area contributed by atoms with Gasteiger partial charge in [-0.25, -0.2) is 0 Å². The molecule has 0 radical (unpaired) electrons. The number of carbonyl (C=O) groups excluding carboxylic acids is 1. The van der Waals surface area contributed by atoms with E-state index in [-0.39, 0.29) is 17.7 Å². The summed E-state index contributed by atoms with van der Waals surface area (Å²) >= 11 is 0. The van der Waals surface area contributed by atoms with E-state index in [0.717, 1.165) is 11.3 Å². The van der Waals surface area contributed by atoms with Gasteiger partial charge in [-0.15, -0.1) is 0 Å². The monoisotopic (exact) mass is 352 g/mol. The fourth-order valence-corrected chi connectivity index (χ4v) is 2.64. The summed E-state index contributed by atoms with van der Waals surface area (Å²) in [5, 5.41) is 6.87. The van der Waals surface area contributed by atoms with E-state index in [1.165, 1.54) is 4.57 Å². The van der Waals surface area contributed by atoms with Crippen LogP contribution in [0.5, 0.6) is 0 Å². The van der Waals surface area contributed by atoms with Gasteiger partial charge in [-0.1, -0.05) is 0 Å². The molecule has 8 nitrogen and oxygen atoms in total. The van der Waals surface area contributed by atoms with Crippen LogP contribution in [0.2, 0.25) is 0 Å². The van der Waals surface area contributed by atoms with Crippen LogP contribution in [0.4, 0.5) is 5.82 Å². The van der Waals surface area contributed by atoms with E-state index in [1.807, 2.05) is 13.8 Å². The largest absolute Gasteiger partial charge is 0.309 e. The van der Waals surface area contributed by atoms with Gasteiger partial charge in [-0.05, 0) is 32.4 Å². The van der Waals surface area contributed by atoms with E-state index in [0.29, 0.717) is 17.1 Å².